The lowest BCUT2D eigenvalue weighted by Gasteiger charge is -2.18. The lowest BCUT2D eigenvalue weighted by atomic mass is 10.1. The minimum Gasteiger partial charge on any atom is -0.320 e. The summed E-state index contributed by atoms with van der Waals surface area (Å²) in [6.45, 7) is 2.31. The van der Waals surface area contributed by atoms with Gasteiger partial charge in [0.05, 0.1) is 17.0 Å². The fourth-order valence-corrected chi connectivity index (χ4v) is 2.64. The highest BCUT2D eigenvalue weighted by Gasteiger charge is 2.16. The second kappa shape index (κ2) is 6.38. The van der Waals surface area contributed by atoms with Crippen LogP contribution in [0.15, 0.2) is 35.7 Å². The summed E-state index contributed by atoms with van der Waals surface area (Å²) in [5.41, 5.74) is 7.98. The number of carbonyl (C=O) groups is 1. The summed E-state index contributed by atoms with van der Waals surface area (Å²) in [4.78, 5) is 15.0. The van der Waals surface area contributed by atoms with Crippen molar-refractivity contribution in [3.63, 3.8) is 0 Å². The summed E-state index contributed by atoms with van der Waals surface area (Å²) in [7, 11) is 1.79. The van der Waals surface area contributed by atoms with Gasteiger partial charge in [0.2, 0.25) is 0 Å². The maximum atomic E-state index is 12.4. The number of hydrogen-bond acceptors (Lipinski definition) is 3. The zero-order chi connectivity index (χ0) is 14.5. The molecule has 0 radical (unpaired) electrons. The number of para-hydroxylation sites is 1. The first kappa shape index (κ1) is 14.3. The van der Waals surface area contributed by atoms with Gasteiger partial charge in [-0.25, -0.2) is 0 Å². The normalized spacial score (nSPS) is 9.75. The molecule has 2 aromatic rings. The predicted molar refractivity (Wildman–Crippen MR) is 84.2 cm³/mol. The van der Waals surface area contributed by atoms with Crippen molar-refractivity contribution in [2.45, 2.75) is 6.92 Å². The standard InChI is InChI=1S/C16H16N2OS/c1-12-6-3-4-8-15(12)18(2)16(19)13-10-14(20-11-13)7-5-9-17/h3-4,6,8,10-11H,9,17H2,1-2H3. The highest BCUT2D eigenvalue weighted by molar-refractivity contribution is 7.10. The van der Waals surface area contributed by atoms with E-state index < -0.39 is 0 Å². The van der Waals surface area contributed by atoms with E-state index in [4.69, 9.17) is 5.73 Å². The van der Waals surface area contributed by atoms with Crippen molar-refractivity contribution in [3.05, 3.63) is 51.7 Å². The van der Waals surface area contributed by atoms with Crippen LogP contribution in [0.5, 0.6) is 0 Å². The van der Waals surface area contributed by atoms with Gasteiger partial charge in [0.15, 0.2) is 0 Å². The van der Waals surface area contributed by atoms with E-state index in [1.165, 1.54) is 11.3 Å². The van der Waals surface area contributed by atoms with E-state index in [-0.39, 0.29) is 5.91 Å². The minimum atomic E-state index is -0.0312. The summed E-state index contributed by atoms with van der Waals surface area (Å²) in [5, 5.41) is 1.83. The maximum Gasteiger partial charge on any atom is 0.258 e. The Morgan fingerprint density at radius 1 is 1.40 bits per heavy atom. The highest BCUT2D eigenvalue weighted by atomic mass is 32.1. The lowest BCUT2D eigenvalue weighted by molar-refractivity contribution is 0.0993. The van der Waals surface area contributed by atoms with Crippen LogP contribution in [-0.2, 0) is 0 Å². The Morgan fingerprint density at radius 3 is 2.85 bits per heavy atom. The van der Waals surface area contributed by atoms with Crippen LogP contribution in [0.4, 0.5) is 5.69 Å². The van der Waals surface area contributed by atoms with Gasteiger partial charge in [0, 0.05) is 18.1 Å². The summed E-state index contributed by atoms with van der Waals surface area (Å²) in [6.07, 6.45) is 0. The maximum absolute atomic E-state index is 12.4. The first-order chi connectivity index (χ1) is 9.63. The van der Waals surface area contributed by atoms with Crippen molar-refractivity contribution in [2.24, 2.45) is 5.73 Å². The van der Waals surface area contributed by atoms with Crippen molar-refractivity contribution in [1.82, 2.24) is 0 Å². The molecule has 0 bridgehead atoms. The number of aryl methyl sites for hydroxylation is 1. The Balaban J connectivity index is 2.23. The molecule has 0 aliphatic rings. The van der Waals surface area contributed by atoms with Crippen molar-refractivity contribution >= 4 is 22.9 Å². The summed E-state index contributed by atoms with van der Waals surface area (Å²) in [6, 6.07) is 9.63. The molecule has 0 aliphatic heterocycles. The average Bonchev–Trinajstić information content (AvgIpc) is 2.93. The zero-order valence-corrected chi connectivity index (χ0v) is 12.3. The molecule has 2 rings (SSSR count). The van der Waals surface area contributed by atoms with Crippen LogP contribution in [0.1, 0.15) is 20.8 Å². The fraction of sp³-hybridized carbons (Fsp3) is 0.188. The SMILES string of the molecule is Cc1ccccc1N(C)C(=O)c1csc(C#CCN)c1. The Bertz CT molecular complexity index is 679. The first-order valence-corrected chi connectivity index (χ1v) is 7.12. The van der Waals surface area contributed by atoms with E-state index in [2.05, 4.69) is 11.8 Å². The number of anilines is 1. The Labute approximate surface area is 123 Å². The summed E-state index contributed by atoms with van der Waals surface area (Å²) < 4.78 is 0. The van der Waals surface area contributed by atoms with Crippen molar-refractivity contribution < 1.29 is 4.79 Å². The highest BCUT2D eigenvalue weighted by Crippen LogP contribution is 2.22. The number of thiophene rings is 1. The molecule has 0 aliphatic carbocycles. The zero-order valence-electron chi connectivity index (χ0n) is 11.5. The van der Waals surface area contributed by atoms with Crippen LogP contribution in [0.25, 0.3) is 0 Å². The van der Waals surface area contributed by atoms with Gasteiger partial charge in [-0.1, -0.05) is 30.0 Å². The van der Waals surface area contributed by atoms with Gasteiger partial charge in [0.25, 0.3) is 5.91 Å². The van der Waals surface area contributed by atoms with Gasteiger partial charge in [-0.3, -0.25) is 4.79 Å². The van der Waals surface area contributed by atoms with Gasteiger partial charge < -0.3 is 10.6 Å². The van der Waals surface area contributed by atoms with Gasteiger partial charge in [-0.15, -0.1) is 11.3 Å². The molecular formula is C16H16N2OS. The van der Waals surface area contributed by atoms with E-state index in [0.29, 0.717) is 12.1 Å². The average molecular weight is 284 g/mol. The van der Waals surface area contributed by atoms with E-state index >= 15 is 0 Å². The Hall–Kier alpha value is -2.09. The number of amides is 1. The van der Waals surface area contributed by atoms with Gasteiger partial charge >= 0.3 is 0 Å². The third-order valence-corrected chi connectivity index (χ3v) is 3.79. The number of benzene rings is 1. The Kier molecular flexibility index (Phi) is 4.57. The molecule has 0 atom stereocenters. The van der Waals surface area contributed by atoms with Gasteiger partial charge in [-0.2, -0.15) is 0 Å². The van der Waals surface area contributed by atoms with Crippen LogP contribution < -0.4 is 10.6 Å². The second-order valence-corrected chi connectivity index (χ2v) is 5.27. The molecule has 0 spiro atoms. The monoisotopic (exact) mass is 284 g/mol. The lowest BCUT2D eigenvalue weighted by Crippen LogP contribution is -2.26. The third kappa shape index (κ3) is 3.08. The molecular weight excluding hydrogens is 268 g/mol. The number of nitrogens with zero attached hydrogens (tertiary/aromatic N) is 1. The molecule has 20 heavy (non-hydrogen) atoms. The van der Waals surface area contributed by atoms with Gasteiger partial charge in [-0.05, 0) is 24.6 Å². The van der Waals surface area contributed by atoms with Crippen LogP contribution in [0.3, 0.4) is 0 Å². The van der Waals surface area contributed by atoms with E-state index in [9.17, 15) is 4.79 Å². The smallest absolute Gasteiger partial charge is 0.258 e. The molecule has 1 aromatic carbocycles. The molecule has 0 saturated heterocycles. The van der Waals surface area contributed by atoms with E-state index in [1.54, 1.807) is 11.9 Å². The second-order valence-electron chi connectivity index (χ2n) is 4.36. The quantitative estimate of drug-likeness (QED) is 0.862. The molecule has 0 saturated carbocycles. The molecule has 0 fully saturated rings. The molecule has 1 aromatic heterocycles. The number of hydrogen-bond donors (Lipinski definition) is 1. The molecule has 3 nitrogen and oxygen atoms in total. The van der Waals surface area contributed by atoms with Crippen LogP contribution in [0.2, 0.25) is 0 Å². The van der Waals surface area contributed by atoms with Crippen molar-refractivity contribution in [2.75, 3.05) is 18.5 Å². The summed E-state index contributed by atoms with van der Waals surface area (Å²) in [5.74, 6) is 5.70. The van der Waals surface area contributed by atoms with Crippen molar-refractivity contribution in [1.29, 1.82) is 0 Å². The Morgan fingerprint density at radius 2 is 2.15 bits per heavy atom. The van der Waals surface area contributed by atoms with Gasteiger partial charge in [0.1, 0.15) is 0 Å². The number of nitrogens with two attached hydrogens (primary N) is 1. The number of rotatable bonds is 2. The molecule has 2 N–H and O–H groups in total. The third-order valence-electron chi connectivity index (χ3n) is 2.94. The molecule has 0 unspecified atom stereocenters. The first-order valence-electron chi connectivity index (χ1n) is 6.24. The van der Waals surface area contributed by atoms with E-state index in [0.717, 1.165) is 16.1 Å². The predicted octanol–water partition coefficient (Wildman–Crippen LogP) is 2.64. The fourth-order valence-electron chi connectivity index (χ4n) is 1.89. The van der Waals surface area contributed by atoms with E-state index in [1.807, 2.05) is 42.6 Å². The largest absolute Gasteiger partial charge is 0.320 e. The minimum absolute atomic E-state index is 0.0312. The molecule has 4 heteroatoms. The van der Waals surface area contributed by atoms with Crippen LogP contribution in [-0.4, -0.2) is 19.5 Å². The van der Waals surface area contributed by atoms with Crippen LogP contribution in [0, 0.1) is 18.8 Å². The molecule has 1 amide bonds. The molecule has 1 heterocycles. The summed E-state index contributed by atoms with van der Waals surface area (Å²) >= 11 is 1.46. The molecule has 102 valence electrons. The van der Waals surface area contributed by atoms with Crippen LogP contribution >= 0.6 is 11.3 Å². The number of carbonyl (C=O) groups excluding carboxylic acids is 1. The van der Waals surface area contributed by atoms with Crippen molar-refractivity contribution in [3.8, 4) is 11.8 Å². The topological polar surface area (TPSA) is 46.3 Å².